The number of allylic oxidation sites excluding steroid dienone is 2. The van der Waals surface area contributed by atoms with Crippen LogP contribution in [-0.2, 0) is 18.7 Å². The molecule has 4 nitrogen and oxygen atoms in total. The third kappa shape index (κ3) is 5.58. The first kappa shape index (κ1) is 27.3. The largest absolute Gasteiger partial charge is 0.419 e. The number of carbonyl (C=O) groups is 1. The Morgan fingerprint density at radius 2 is 1.03 bits per heavy atom. The van der Waals surface area contributed by atoms with Gasteiger partial charge >= 0.3 is 5.97 Å². The van der Waals surface area contributed by atoms with Gasteiger partial charge in [-0.2, -0.15) is 0 Å². The van der Waals surface area contributed by atoms with Crippen molar-refractivity contribution in [2.24, 2.45) is 0 Å². The van der Waals surface area contributed by atoms with Crippen LogP contribution in [0.15, 0.2) is 145 Å². The first-order chi connectivity index (χ1) is 18.4. The topological polar surface area (TPSA) is 60.4 Å². The number of rotatable bonds is 9. The average Bonchev–Trinajstić information content (AvgIpc) is 2.98. The Kier molecular flexibility index (Phi) is 8.79. The molecule has 192 valence electrons. The van der Waals surface area contributed by atoms with Crippen LogP contribution in [0.5, 0.6) is 0 Å². The molecule has 0 aliphatic heterocycles. The van der Waals surface area contributed by atoms with Gasteiger partial charge in [0.2, 0.25) is 7.14 Å². The summed E-state index contributed by atoms with van der Waals surface area (Å²) in [6.07, 6.45) is 4.48. The van der Waals surface area contributed by atoms with Gasteiger partial charge in [-0.15, -0.1) is 0 Å². The number of esters is 1. The molecule has 4 aromatic carbocycles. The van der Waals surface area contributed by atoms with Gasteiger partial charge in [-0.05, 0) is 13.0 Å². The van der Waals surface area contributed by atoms with Gasteiger partial charge in [0.15, 0.2) is 5.50 Å². The van der Waals surface area contributed by atoms with Gasteiger partial charge in [0.25, 0.3) is 0 Å². The molecule has 0 bridgehead atoms. The molecule has 0 saturated heterocycles. The standard InChI is InChI=1S/C32H30O4P2/c1-3-16-31(33)36-32(38(35,29-21-12-6-13-22-29)30-23-14-7-15-24-30)25-26(2)37(34,27-17-8-4-9-18-27)28-19-10-5-11-20-28/h3-26H,1-2H3/b16-3+,32-25+. The van der Waals surface area contributed by atoms with Crippen molar-refractivity contribution < 1.29 is 18.7 Å². The molecule has 0 N–H and O–H groups in total. The smallest absolute Gasteiger partial charge is 0.335 e. The van der Waals surface area contributed by atoms with Crippen LogP contribution in [0.1, 0.15) is 13.8 Å². The number of hydrogen-bond acceptors (Lipinski definition) is 4. The van der Waals surface area contributed by atoms with Crippen LogP contribution in [0.25, 0.3) is 0 Å². The van der Waals surface area contributed by atoms with E-state index in [4.69, 9.17) is 4.74 Å². The lowest BCUT2D eigenvalue weighted by molar-refractivity contribution is -0.132. The Balaban J connectivity index is 1.98. The summed E-state index contributed by atoms with van der Waals surface area (Å²) in [6.45, 7) is 3.53. The monoisotopic (exact) mass is 540 g/mol. The summed E-state index contributed by atoms with van der Waals surface area (Å²) >= 11 is 0. The Morgan fingerprint density at radius 3 is 1.39 bits per heavy atom. The van der Waals surface area contributed by atoms with E-state index in [9.17, 15) is 9.36 Å². The lowest BCUT2D eigenvalue weighted by Crippen LogP contribution is -2.25. The molecule has 0 aliphatic carbocycles. The van der Waals surface area contributed by atoms with Gasteiger partial charge in [0.05, 0.1) is 0 Å². The molecule has 0 spiro atoms. The van der Waals surface area contributed by atoms with Crippen LogP contribution >= 0.6 is 14.3 Å². The zero-order valence-electron chi connectivity index (χ0n) is 21.4. The summed E-state index contributed by atoms with van der Waals surface area (Å²) < 4.78 is 36.0. The van der Waals surface area contributed by atoms with Crippen molar-refractivity contribution in [1.29, 1.82) is 0 Å². The molecule has 1 atom stereocenters. The van der Waals surface area contributed by atoms with E-state index in [1.54, 1.807) is 67.6 Å². The van der Waals surface area contributed by atoms with Gasteiger partial charge < -0.3 is 13.9 Å². The molecular formula is C32H30O4P2. The summed E-state index contributed by atoms with van der Waals surface area (Å²) in [7, 11) is -6.94. The van der Waals surface area contributed by atoms with E-state index >= 15 is 4.57 Å². The lowest BCUT2D eigenvalue weighted by Gasteiger charge is -2.27. The Morgan fingerprint density at radius 1 is 0.658 bits per heavy atom. The molecule has 4 aromatic rings. The minimum atomic E-state index is -3.66. The van der Waals surface area contributed by atoms with Gasteiger partial charge in [0, 0.05) is 33.0 Å². The highest BCUT2D eigenvalue weighted by Gasteiger charge is 2.39. The zero-order chi connectivity index (χ0) is 27.0. The highest BCUT2D eigenvalue weighted by molar-refractivity contribution is 7.82. The third-order valence-corrected chi connectivity index (χ3v) is 12.6. The van der Waals surface area contributed by atoms with E-state index in [2.05, 4.69) is 0 Å². The van der Waals surface area contributed by atoms with E-state index in [1.165, 1.54) is 6.08 Å². The molecular weight excluding hydrogens is 510 g/mol. The summed E-state index contributed by atoms with van der Waals surface area (Å²) in [5.74, 6) is -0.646. The Bertz CT molecular complexity index is 1430. The Hall–Kier alpha value is -3.71. The van der Waals surface area contributed by atoms with Gasteiger partial charge in [-0.1, -0.05) is 134 Å². The fourth-order valence-corrected chi connectivity index (χ4v) is 9.96. The molecule has 1 unspecified atom stereocenters. The molecule has 0 fully saturated rings. The van der Waals surface area contributed by atoms with E-state index in [-0.39, 0.29) is 5.50 Å². The van der Waals surface area contributed by atoms with Crippen LogP contribution in [-0.4, -0.2) is 11.6 Å². The minimum Gasteiger partial charge on any atom is -0.419 e. The minimum absolute atomic E-state index is 0.00223. The van der Waals surface area contributed by atoms with Crippen molar-refractivity contribution >= 4 is 41.5 Å². The van der Waals surface area contributed by atoms with Crippen LogP contribution in [0.4, 0.5) is 0 Å². The van der Waals surface area contributed by atoms with Crippen molar-refractivity contribution in [3.05, 3.63) is 145 Å². The van der Waals surface area contributed by atoms with E-state index in [0.717, 1.165) is 0 Å². The zero-order valence-corrected chi connectivity index (χ0v) is 23.2. The second-order valence-electron chi connectivity index (χ2n) is 8.78. The summed E-state index contributed by atoms with van der Waals surface area (Å²) in [5, 5.41) is 2.38. The number of benzene rings is 4. The molecule has 6 heteroatoms. The summed E-state index contributed by atoms with van der Waals surface area (Å²) in [5.41, 5.74) is -0.640. The van der Waals surface area contributed by atoms with E-state index in [0.29, 0.717) is 21.2 Å². The fourth-order valence-electron chi connectivity index (χ4n) is 4.39. The van der Waals surface area contributed by atoms with Crippen LogP contribution in [0.3, 0.4) is 0 Å². The van der Waals surface area contributed by atoms with E-state index < -0.39 is 25.9 Å². The molecule has 38 heavy (non-hydrogen) atoms. The number of carbonyl (C=O) groups excluding carboxylic acids is 1. The first-order valence-electron chi connectivity index (χ1n) is 12.4. The number of ether oxygens (including phenoxy) is 1. The van der Waals surface area contributed by atoms with Crippen LogP contribution in [0, 0.1) is 0 Å². The van der Waals surface area contributed by atoms with Crippen molar-refractivity contribution in [3.63, 3.8) is 0 Å². The van der Waals surface area contributed by atoms with E-state index in [1.807, 2.05) is 79.7 Å². The fraction of sp³-hybridized carbons (Fsp3) is 0.0938. The third-order valence-electron chi connectivity index (χ3n) is 6.29. The highest BCUT2D eigenvalue weighted by atomic mass is 31.2. The highest BCUT2D eigenvalue weighted by Crippen LogP contribution is 2.56. The first-order valence-corrected chi connectivity index (χ1v) is 15.9. The molecule has 0 saturated carbocycles. The molecule has 4 rings (SSSR count). The summed E-state index contributed by atoms with van der Waals surface area (Å²) in [4.78, 5) is 12.8. The molecule has 0 aliphatic rings. The lowest BCUT2D eigenvalue weighted by atomic mass is 10.4. The van der Waals surface area contributed by atoms with Gasteiger partial charge in [-0.25, -0.2) is 4.79 Å². The predicted octanol–water partition coefficient (Wildman–Crippen LogP) is 6.36. The Labute approximate surface area is 224 Å². The quantitative estimate of drug-likeness (QED) is 0.107. The summed E-state index contributed by atoms with van der Waals surface area (Å²) in [6, 6.07) is 36.5. The predicted molar refractivity (Wildman–Crippen MR) is 158 cm³/mol. The second-order valence-corrected chi connectivity index (χ2v) is 14.6. The van der Waals surface area contributed by atoms with Crippen LogP contribution in [0.2, 0.25) is 0 Å². The van der Waals surface area contributed by atoms with Crippen molar-refractivity contribution in [3.8, 4) is 0 Å². The second kappa shape index (κ2) is 12.2. The maximum absolute atomic E-state index is 15.1. The maximum Gasteiger partial charge on any atom is 0.335 e. The number of hydrogen-bond donors (Lipinski definition) is 0. The van der Waals surface area contributed by atoms with Crippen molar-refractivity contribution in [1.82, 2.24) is 0 Å². The average molecular weight is 541 g/mol. The maximum atomic E-state index is 15.1. The molecule has 0 aromatic heterocycles. The van der Waals surface area contributed by atoms with Crippen LogP contribution < -0.4 is 21.2 Å². The van der Waals surface area contributed by atoms with Crippen molar-refractivity contribution in [2.45, 2.75) is 19.5 Å². The SMILES string of the molecule is C/C=C/C(=O)O/C(=C\C(C)P(=O)(c1ccccc1)c1ccccc1)P(=O)(c1ccccc1)c1ccccc1. The van der Waals surface area contributed by atoms with Crippen molar-refractivity contribution in [2.75, 3.05) is 0 Å². The molecule has 0 heterocycles. The molecule has 0 amide bonds. The molecule has 0 radical (unpaired) electrons. The van der Waals surface area contributed by atoms with Gasteiger partial charge in [-0.3, -0.25) is 0 Å². The normalized spacial score (nSPS) is 13.3. The van der Waals surface area contributed by atoms with Gasteiger partial charge in [0.1, 0.15) is 7.14 Å².